The second-order valence-electron chi connectivity index (χ2n) is 7.45. The number of nitrogens with zero attached hydrogens (tertiary/aromatic N) is 4. The SMILES string of the molecule is O=C1NCCN(c2ccnc(N3CCc4ccccc4C3)n2)C1c1ccccc1. The van der Waals surface area contributed by atoms with Crippen LogP contribution in [0, 0.1) is 0 Å². The van der Waals surface area contributed by atoms with Crippen LogP contribution in [0.5, 0.6) is 0 Å². The van der Waals surface area contributed by atoms with Crippen LogP contribution in [-0.4, -0.2) is 35.5 Å². The third-order valence-electron chi connectivity index (χ3n) is 5.66. The summed E-state index contributed by atoms with van der Waals surface area (Å²) in [5.74, 6) is 1.52. The van der Waals surface area contributed by atoms with E-state index >= 15 is 0 Å². The van der Waals surface area contributed by atoms with E-state index in [9.17, 15) is 4.79 Å². The molecule has 0 radical (unpaired) electrons. The molecule has 1 saturated heterocycles. The molecular weight excluding hydrogens is 362 g/mol. The average Bonchev–Trinajstić information content (AvgIpc) is 2.79. The Labute approximate surface area is 170 Å². The van der Waals surface area contributed by atoms with Gasteiger partial charge in [0, 0.05) is 32.4 Å². The van der Waals surface area contributed by atoms with Crippen molar-refractivity contribution in [2.24, 2.45) is 0 Å². The number of aromatic nitrogens is 2. The van der Waals surface area contributed by atoms with Crippen molar-refractivity contribution in [3.05, 3.63) is 83.6 Å². The van der Waals surface area contributed by atoms with Crippen LogP contribution in [0.2, 0.25) is 0 Å². The van der Waals surface area contributed by atoms with Crippen molar-refractivity contribution in [3.63, 3.8) is 0 Å². The van der Waals surface area contributed by atoms with Gasteiger partial charge in [-0.2, -0.15) is 4.98 Å². The lowest BCUT2D eigenvalue weighted by atomic mass is 10.0. The summed E-state index contributed by atoms with van der Waals surface area (Å²) in [6, 6.07) is 19.9. The van der Waals surface area contributed by atoms with Gasteiger partial charge in [0.1, 0.15) is 11.9 Å². The van der Waals surface area contributed by atoms with Gasteiger partial charge < -0.3 is 15.1 Å². The van der Waals surface area contributed by atoms with Gasteiger partial charge in [-0.05, 0) is 29.2 Å². The van der Waals surface area contributed by atoms with Crippen molar-refractivity contribution >= 4 is 17.7 Å². The third-order valence-corrected chi connectivity index (χ3v) is 5.66. The third kappa shape index (κ3) is 3.42. The van der Waals surface area contributed by atoms with E-state index < -0.39 is 0 Å². The Kier molecular flexibility index (Phi) is 4.60. The molecule has 1 atom stereocenters. The highest BCUT2D eigenvalue weighted by Gasteiger charge is 2.32. The molecule has 1 aromatic heterocycles. The van der Waals surface area contributed by atoms with Crippen molar-refractivity contribution in [1.82, 2.24) is 15.3 Å². The predicted molar refractivity (Wildman–Crippen MR) is 113 cm³/mol. The number of fused-ring (bicyclic) bond motifs is 1. The normalized spacial score (nSPS) is 18.9. The fourth-order valence-electron chi connectivity index (χ4n) is 4.20. The van der Waals surface area contributed by atoms with Crippen LogP contribution < -0.4 is 15.1 Å². The lowest BCUT2D eigenvalue weighted by Gasteiger charge is -2.36. The zero-order valence-electron chi connectivity index (χ0n) is 16.2. The van der Waals surface area contributed by atoms with Crippen molar-refractivity contribution in [2.75, 3.05) is 29.4 Å². The summed E-state index contributed by atoms with van der Waals surface area (Å²) in [5.41, 5.74) is 3.70. The molecule has 29 heavy (non-hydrogen) atoms. The Balaban J connectivity index is 1.45. The maximum atomic E-state index is 12.7. The van der Waals surface area contributed by atoms with Gasteiger partial charge in [-0.3, -0.25) is 4.79 Å². The Bertz CT molecular complexity index is 1020. The minimum Gasteiger partial charge on any atom is -0.352 e. The monoisotopic (exact) mass is 385 g/mol. The first kappa shape index (κ1) is 17.7. The van der Waals surface area contributed by atoms with E-state index in [-0.39, 0.29) is 11.9 Å². The molecule has 2 aliphatic rings. The Morgan fingerprint density at radius 1 is 0.931 bits per heavy atom. The number of hydrogen-bond acceptors (Lipinski definition) is 5. The molecule has 2 aliphatic heterocycles. The fraction of sp³-hybridized carbons (Fsp3) is 0.261. The molecule has 5 rings (SSSR count). The lowest BCUT2D eigenvalue weighted by molar-refractivity contribution is -0.123. The molecule has 0 aliphatic carbocycles. The van der Waals surface area contributed by atoms with E-state index in [2.05, 4.69) is 44.4 Å². The number of hydrogen-bond donors (Lipinski definition) is 1. The quantitative estimate of drug-likeness (QED) is 0.751. The summed E-state index contributed by atoms with van der Waals surface area (Å²) >= 11 is 0. The molecule has 3 heterocycles. The Morgan fingerprint density at radius 2 is 1.72 bits per heavy atom. The van der Waals surface area contributed by atoms with Crippen LogP contribution in [-0.2, 0) is 17.8 Å². The highest BCUT2D eigenvalue weighted by Crippen LogP contribution is 2.29. The van der Waals surface area contributed by atoms with E-state index in [4.69, 9.17) is 4.98 Å². The number of rotatable bonds is 3. The minimum atomic E-state index is -0.380. The van der Waals surface area contributed by atoms with Crippen molar-refractivity contribution < 1.29 is 4.79 Å². The van der Waals surface area contributed by atoms with Crippen LogP contribution in [0.25, 0.3) is 0 Å². The van der Waals surface area contributed by atoms with Crippen molar-refractivity contribution in [3.8, 4) is 0 Å². The van der Waals surface area contributed by atoms with Gasteiger partial charge >= 0.3 is 0 Å². The van der Waals surface area contributed by atoms with Crippen LogP contribution in [0.1, 0.15) is 22.7 Å². The zero-order valence-corrected chi connectivity index (χ0v) is 16.2. The first-order valence-corrected chi connectivity index (χ1v) is 10.0. The summed E-state index contributed by atoms with van der Waals surface area (Å²) < 4.78 is 0. The number of carbonyl (C=O) groups is 1. The maximum Gasteiger partial charge on any atom is 0.247 e. The van der Waals surface area contributed by atoms with Gasteiger partial charge in [0.25, 0.3) is 0 Å². The van der Waals surface area contributed by atoms with Crippen LogP contribution in [0.4, 0.5) is 11.8 Å². The largest absolute Gasteiger partial charge is 0.352 e. The van der Waals surface area contributed by atoms with Crippen LogP contribution >= 0.6 is 0 Å². The number of piperazine rings is 1. The molecule has 1 N–H and O–H groups in total. The summed E-state index contributed by atoms with van der Waals surface area (Å²) in [6.45, 7) is 3.02. The predicted octanol–water partition coefficient (Wildman–Crippen LogP) is 2.72. The second-order valence-corrected chi connectivity index (χ2v) is 7.45. The molecule has 1 amide bonds. The molecule has 2 aromatic carbocycles. The van der Waals surface area contributed by atoms with E-state index in [1.807, 2.05) is 36.4 Å². The zero-order chi connectivity index (χ0) is 19.6. The lowest BCUT2D eigenvalue weighted by Crippen LogP contribution is -2.50. The molecule has 0 saturated carbocycles. The smallest absolute Gasteiger partial charge is 0.247 e. The highest BCUT2D eigenvalue weighted by molar-refractivity contribution is 5.87. The summed E-state index contributed by atoms with van der Waals surface area (Å²) in [5, 5.41) is 2.98. The number of benzene rings is 2. The van der Waals surface area contributed by atoms with Crippen LogP contribution in [0.15, 0.2) is 66.9 Å². The van der Waals surface area contributed by atoms with Crippen LogP contribution in [0.3, 0.4) is 0 Å². The summed E-state index contributed by atoms with van der Waals surface area (Å²) in [7, 11) is 0. The standard InChI is InChI=1S/C23H23N5O/c29-22-21(18-7-2-1-3-8-18)28(15-13-24-22)20-10-12-25-23(26-20)27-14-11-17-6-4-5-9-19(17)16-27/h1-10,12,21H,11,13-16H2,(H,24,29). The van der Waals surface area contributed by atoms with Gasteiger partial charge in [-0.1, -0.05) is 54.6 Å². The summed E-state index contributed by atoms with van der Waals surface area (Å²) in [4.78, 5) is 26.4. The molecule has 0 bridgehead atoms. The molecule has 1 fully saturated rings. The van der Waals surface area contributed by atoms with Gasteiger partial charge in [0.15, 0.2) is 0 Å². The second kappa shape index (κ2) is 7.54. The van der Waals surface area contributed by atoms with Gasteiger partial charge in [0.2, 0.25) is 11.9 Å². The topological polar surface area (TPSA) is 61.4 Å². The summed E-state index contributed by atoms with van der Waals surface area (Å²) in [6.07, 6.45) is 2.79. The van der Waals surface area contributed by atoms with Gasteiger partial charge in [-0.25, -0.2) is 4.98 Å². The van der Waals surface area contributed by atoms with Crippen molar-refractivity contribution in [2.45, 2.75) is 19.0 Å². The van der Waals surface area contributed by atoms with Gasteiger partial charge in [0.05, 0.1) is 0 Å². The first-order valence-electron chi connectivity index (χ1n) is 10.0. The molecule has 6 heteroatoms. The van der Waals surface area contributed by atoms with E-state index in [0.29, 0.717) is 13.1 Å². The molecule has 6 nitrogen and oxygen atoms in total. The fourth-order valence-corrected chi connectivity index (χ4v) is 4.20. The van der Waals surface area contributed by atoms with E-state index in [0.717, 1.165) is 36.8 Å². The molecule has 0 spiro atoms. The maximum absolute atomic E-state index is 12.7. The molecule has 3 aromatic rings. The number of anilines is 2. The molecule has 1 unspecified atom stereocenters. The number of nitrogens with one attached hydrogen (secondary N) is 1. The molecular formula is C23H23N5O. The van der Waals surface area contributed by atoms with Gasteiger partial charge in [-0.15, -0.1) is 0 Å². The first-order chi connectivity index (χ1) is 14.3. The Hall–Kier alpha value is -3.41. The van der Waals surface area contributed by atoms with E-state index in [1.165, 1.54) is 11.1 Å². The minimum absolute atomic E-state index is 0.00881. The number of carbonyl (C=O) groups excluding carboxylic acids is 1. The Morgan fingerprint density at radius 3 is 2.59 bits per heavy atom. The average molecular weight is 385 g/mol. The van der Waals surface area contributed by atoms with E-state index in [1.54, 1.807) is 6.20 Å². The molecule has 146 valence electrons. The highest BCUT2D eigenvalue weighted by atomic mass is 16.2. The number of amides is 1. The van der Waals surface area contributed by atoms with Crippen molar-refractivity contribution in [1.29, 1.82) is 0 Å².